The Kier molecular flexibility index (Phi) is 6.29. The molecule has 2 rings (SSSR count). The first-order chi connectivity index (χ1) is 12.1. The van der Waals surface area contributed by atoms with Gasteiger partial charge in [-0.1, -0.05) is 48.6 Å². The van der Waals surface area contributed by atoms with Crippen LogP contribution in [0.3, 0.4) is 0 Å². The van der Waals surface area contributed by atoms with E-state index in [0.29, 0.717) is 11.5 Å². The zero-order valence-corrected chi connectivity index (χ0v) is 13.9. The molecule has 4 heteroatoms. The molecule has 2 aromatic carbocycles. The first-order valence-corrected chi connectivity index (χ1v) is 7.89. The third kappa shape index (κ3) is 4.44. The molecule has 0 amide bonds. The fourth-order valence-corrected chi connectivity index (χ4v) is 2.38. The van der Waals surface area contributed by atoms with Gasteiger partial charge in [0, 0.05) is 0 Å². The second-order valence-corrected chi connectivity index (χ2v) is 5.47. The van der Waals surface area contributed by atoms with Crippen molar-refractivity contribution in [2.24, 2.45) is 5.41 Å². The van der Waals surface area contributed by atoms with Gasteiger partial charge in [-0.15, -0.1) is 13.2 Å². The van der Waals surface area contributed by atoms with Gasteiger partial charge in [0.15, 0.2) is 5.41 Å². The van der Waals surface area contributed by atoms with Crippen molar-refractivity contribution < 1.29 is 19.1 Å². The van der Waals surface area contributed by atoms with Gasteiger partial charge in [0.2, 0.25) is 0 Å². The van der Waals surface area contributed by atoms with Crippen LogP contribution in [0.4, 0.5) is 0 Å². The van der Waals surface area contributed by atoms with E-state index in [1.807, 2.05) is 12.1 Å². The third-order valence-corrected chi connectivity index (χ3v) is 3.67. The molecule has 25 heavy (non-hydrogen) atoms. The lowest BCUT2D eigenvalue weighted by molar-refractivity contribution is -0.160. The van der Waals surface area contributed by atoms with Crippen LogP contribution in [0, 0.1) is 5.41 Å². The van der Waals surface area contributed by atoms with E-state index in [2.05, 4.69) is 13.2 Å². The van der Waals surface area contributed by atoms with Gasteiger partial charge in [-0.25, -0.2) is 0 Å². The first kappa shape index (κ1) is 18.2. The highest BCUT2D eigenvalue weighted by Gasteiger charge is 2.47. The van der Waals surface area contributed by atoms with Gasteiger partial charge in [0.1, 0.15) is 11.5 Å². The molecule has 0 saturated carbocycles. The first-order valence-electron chi connectivity index (χ1n) is 7.89. The lowest BCUT2D eigenvalue weighted by Crippen LogP contribution is -2.44. The molecule has 0 heterocycles. The van der Waals surface area contributed by atoms with Crippen LogP contribution >= 0.6 is 0 Å². The van der Waals surface area contributed by atoms with Crippen LogP contribution in [0.25, 0.3) is 0 Å². The van der Waals surface area contributed by atoms with E-state index in [-0.39, 0.29) is 12.8 Å². The zero-order valence-electron chi connectivity index (χ0n) is 13.9. The van der Waals surface area contributed by atoms with Gasteiger partial charge in [-0.05, 0) is 37.1 Å². The molecule has 0 N–H and O–H groups in total. The minimum Gasteiger partial charge on any atom is -0.426 e. The fourth-order valence-electron chi connectivity index (χ4n) is 2.38. The summed E-state index contributed by atoms with van der Waals surface area (Å²) in [5, 5.41) is 0. The molecule has 0 bridgehead atoms. The SMILES string of the molecule is C=CCC(CC=C)(C(=O)Oc1ccccc1)C(=O)Oc1ccccc1. The number of allylic oxidation sites excluding steroid dienone is 2. The molecule has 0 radical (unpaired) electrons. The lowest BCUT2D eigenvalue weighted by Gasteiger charge is -2.27. The predicted molar refractivity (Wildman–Crippen MR) is 96.2 cm³/mol. The van der Waals surface area contributed by atoms with Gasteiger partial charge in [0.25, 0.3) is 0 Å². The van der Waals surface area contributed by atoms with Gasteiger partial charge in [0.05, 0.1) is 0 Å². The van der Waals surface area contributed by atoms with Gasteiger partial charge < -0.3 is 9.47 Å². The highest BCUT2D eigenvalue weighted by Crippen LogP contribution is 2.33. The molecule has 4 nitrogen and oxygen atoms in total. The summed E-state index contributed by atoms with van der Waals surface area (Å²) >= 11 is 0. The van der Waals surface area contributed by atoms with Crippen molar-refractivity contribution in [1.29, 1.82) is 0 Å². The zero-order chi connectivity index (χ0) is 18.1. The topological polar surface area (TPSA) is 52.6 Å². The Morgan fingerprint density at radius 1 is 0.760 bits per heavy atom. The van der Waals surface area contributed by atoms with Crippen molar-refractivity contribution in [3.05, 3.63) is 86.0 Å². The van der Waals surface area contributed by atoms with Crippen LogP contribution in [0.5, 0.6) is 11.5 Å². The summed E-state index contributed by atoms with van der Waals surface area (Å²) in [6.07, 6.45) is 3.16. The van der Waals surface area contributed by atoms with Gasteiger partial charge >= 0.3 is 11.9 Å². The third-order valence-electron chi connectivity index (χ3n) is 3.67. The molecular weight excluding hydrogens is 316 g/mol. The van der Waals surface area contributed by atoms with E-state index >= 15 is 0 Å². The average Bonchev–Trinajstić information content (AvgIpc) is 2.63. The summed E-state index contributed by atoms with van der Waals surface area (Å²) in [7, 11) is 0. The number of benzene rings is 2. The molecule has 0 aliphatic carbocycles. The summed E-state index contributed by atoms with van der Waals surface area (Å²) in [6, 6.07) is 17.2. The number of hydrogen-bond donors (Lipinski definition) is 0. The van der Waals surface area contributed by atoms with Gasteiger partial charge in [-0.3, -0.25) is 9.59 Å². The number of hydrogen-bond acceptors (Lipinski definition) is 4. The maximum atomic E-state index is 12.8. The molecule has 0 aliphatic heterocycles. The minimum atomic E-state index is -1.53. The number of rotatable bonds is 8. The van der Waals surface area contributed by atoms with E-state index in [0.717, 1.165) is 0 Å². The second-order valence-electron chi connectivity index (χ2n) is 5.47. The van der Waals surface area contributed by atoms with E-state index < -0.39 is 17.4 Å². The average molecular weight is 336 g/mol. The molecule has 128 valence electrons. The summed E-state index contributed by atoms with van der Waals surface area (Å²) in [5.41, 5.74) is -1.53. The lowest BCUT2D eigenvalue weighted by atomic mass is 9.81. The minimum absolute atomic E-state index is 0.0797. The fraction of sp³-hybridized carbons (Fsp3) is 0.143. The van der Waals surface area contributed by atoms with E-state index in [9.17, 15) is 9.59 Å². The van der Waals surface area contributed by atoms with Crippen LogP contribution in [0.15, 0.2) is 86.0 Å². The summed E-state index contributed by atoms with van der Waals surface area (Å²) in [6.45, 7) is 7.31. The quantitative estimate of drug-likeness (QED) is 0.311. The summed E-state index contributed by atoms with van der Waals surface area (Å²) < 4.78 is 10.8. The summed E-state index contributed by atoms with van der Waals surface area (Å²) in [5.74, 6) is -0.672. The second kappa shape index (κ2) is 8.64. The number of para-hydroxylation sites is 2. The Morgan fingerprint density at radius 2 is 1.12 bits per heavy atom. The monoisotopic (exact) mass is 336 g/mol. The largest absolute Gasteiger partial charge is 0.426 e. The highest BCUT2D eigenvalue weighted by molar-refractivity contribution is 6.02. The van der Waals surface area contributed by atoms with Crippen molar-refractivity contribution >= 4 is 11.9 Å². The molecule has 0 saturated heterocycles. The Labute approximate surface area is 147 Å². The van der Waals surface area contributed by atoms with Crippen molar-refractivity contribution in [2.45, 2.75) is 12.8 Å². The number of carbonyl (C=O) groups excluding carboxylic acids is 2. The Hall–Kier alpha value is -3.14. The molecule has 0 spiro atoms. The van der Waals surface area contributed by atoms with Crippen LogP contribution in [0.2, 0.25) is 0 Å². The molecule has 0 fully saturated rings. The van der Waals surface area contributed by atoms with Gasteiger partial charge in [-0.2, -0.15) is 0 Å². The van der Waals surface area contributed by atoms with Crippen molar-refractivity contribution in [3.8, 4) is 11.5 Å². The van der Waals surface area contributed by atoms with Crippen LogP contribution < -0.4 is 9.47 Å². The molecule has 0 atom stereocenters. The maximum absolute atomic E-state index is 12.8. The standard InChI is InChI=1S/C21H20O4/c1-3-15-21(16-4-2,19(22)24-17-11-7-5-8-12-17)20(23)25-18-13-9-6-10-14-18/h3-14H,1-2,15-16H2. The molecule has 0 aliphatic rings. The van der Waals surface area contributed by atoms with E-state index in [1.54, 1.807) is 48.5 Å². The smallest absolute Gasteiger partial charge is 0.329 e. The Morgan fingerprint density at radius 3 is 1.44 bits per heavy atom. The Bertz CT molecular complexity index is 670. The van der Waals surface area contributed by atoms with Crippen LogP contribution in [0.1, 0.15) is 12.8 Å². The molecule has 0 unspecified atom stereocenters. The molecule has 2 aromatic rings. The van der Waals surface area contributed by atoms with Crippen LogP contribution in [-0.4, -0.2) is 11.9 Å². The predicted octanol–water partition coefficient (Wildman–Crippen LogP) is 4.34. The highest BCUT2D eigenvalue weighted by atomic mass is 16.6. The number of carbonyl (C=O) groups is 2. The van der Waals surface area contributed by atoms with E-state index in [1.165, 1.54) is 12.2 Å². The number of esters is 2. The summed E-state index contributed by atoms with van der Waals surface area (Å²) in [4.78, 5) is 25.7. The number of ether oxygens (including phenoxy) is 2. The van der Waals surface area contributed by atoms with Crippen molar-refractivity contribution in [1.82, 2.24) is 0 Å². The van der Waals surface area contributed by atoms with Crippen molar-refractivity contribution in [2.75, 3.05) is 0 Å². The van der Waals surface area contributed by atoms with E-state index in [4.69, 9.17) is 9.47 Å². The molecule has 0 aromatic heterocycles. The van der Waals surface area contributed by atoms with Crippen molar-refractivity contribution in [3.63, 3.8) is 0 Å². The Balaban J connectivity index is 2.31. The maximum Gasteiger partial charge on any atom is 0.329 e. The molecular formula is C21H20O4. The normalized spacial score (nSPS) is 10.6. The van der Waals surface area contributed by atoms with Crippen LogP contribution in [-0.2, 0) is 9.59 Å².